The first-order valence-electron chi connectivity index (χ1n) is 6.12. The van der Waals surface area contributed by atoms with Crippen molar-refractivity contribution in [2.24, 2.45) is 0 Å². The van der Waals surface area contributed by atoms with Crippen LogP contribution in [0.1, 0.15) is 32.1 Å². The molecule has 0 aromatic carbocycles. The first kappa shape index (κ1) is 12.6. The highest BCUT2D eigenvalue weighted by Gasteiger charge is 2.42. The molecule has 2 rings (SSSR count). The number of carboxylic acids is 1. The molecule has 1 aromatic rings. The topological polar surface area (TPSA) is 84.2 Å². The Morgan fingerprint density at radius 1 is 1.39 bits per heavy atom. The van der Waals surface area contributed by atoms with E-state index >= 15 is 0 Å². The third-order valence-electron chi connectivity index (χ3n) is 3.40. The van der Waals surface area contributed by atoms with E-state index < -0.39 is 11.5 Å². The van der Waals surface area contributed by atoms with Crippen molar-refractivity contribution in [1.29, 1.82) is 0 Å². The molecule has 18 heavy (non-hydrogen) atoms. The second-order valence-electron chi connectivity index (χ2n) is 4.69. The monoisotopic (exact) mass is 251 g/mol. The van der Waals surface area contributed by atoms with Crippen molar-refractivity contribution in [3.63, 3.8) is 0 Å². The Morgan fingerprint density at radius 3 is 2.67 bits per heavy atom. The quantitative estimate of drug-likeness (QED) is 0.810. The number of hydrogen-bond donors (Lipinski definition) is 2. The zero-order valence-electron chi connectivity index (χ0n) is 10.1. The van der Waals surface area contributed by atoms with Gasteiger partial charge >= 0.3 is 5.97 Å². The molecular formula is C12H17N3O3. The summed E-state index contributed by atoms with van der Waals surface area (Å²) >= 11 is 0. The number of rotatable bonds is 5. The van der Waals surface area contributed by atoms with Crippen LogP contribution in [0.3, 0.4) is 0 Å². The van der Waals surface area contributed by atoms with Gasteiger partial charge in [-0.25, -0.2) is 9.78 Å². The Balaban J connectivity index is 1.88. The van der Waals surface area contributed by atoms with Crippen LogP contribution in [0.15, 0.2) is 18.7 Å². The fourth-order valence-corrected chi connectivity index (χ4v) is 2.35. The van der Waals surface area contributed by atoms with Crippen LogP contribution in [-0.2, 0) is 16.1 Å². The third kappa shape index (κ3) is 2.69. The lowest BCUT2D eigenvalue weighted by atomic mass is 9.97. The molecule has 2 N–H and O–H groups in total. The van der Waals surface area contributed by atoms with Gasteiger partial charge in [-0.1, -0.05) is 12.8 Å². The predicted molar refractivity (Wildman–Crippen MR) is 63.8 cm³/mol. The van der Waals surface area contributed by atoms with Crippen molar-refractivity contribution < 1.29 is 14.7 Å². The highest BCUT2D eigenvalue weighted by atomic mass is 16.4. The standard InChI is InChI=1S/C12H17N3O3/c16-10(3-7-15-8-6-13-9-15)14-12(11(17)18)4-1-2-5-12/h6,8-9H,1-5,7H2,(H,14,16)(H,17,18). The van der Waals surface area contributed by atoms with Gasteiger partial charge in [0, 0.05) is 25.4 Å². The second-order valence-corrected chi connectivity index (χ2v) is 4.69. The number of hydrogen-bond acceptors (Lipinski definition) is 3. The number of aliphatic carboxylic acids is 1. The molecule has 0 aliphatic heterocycles. The second kappa shape index (κ2) is 5.20. The van der Waals surface area contributed by atoms with Crippen molar-refractivity contribution in [3.8, 4) is 0 Å². The molecule has 1 fully saturated rings. The number of aryl methyl sites for hydroxylation is 1. The minimum atomic E-state index is -1.04. The normalized spacial score (nSPS) is 17.6. The summed E-state index contributed by atoms with van der Waals surface area (Å²) in [6, 6.07) is 0. The fraction of sp³-hybridized carbons (Fsp3) is 0.583. The van der Waals surface area contributed by atoms with Crippen LogP contribution in [0.25, 0.3) is 0 Å². The number of carbonyl (C=O) groups is 2. The molecule has 6 nitrogen and oxygen atoms in total. The van der Waals surface area contributed by atoms with Crippen LogP contribution >= 0.6 is 0 Å². The van der Waals surface area contributed by atoms with Gasteiger partial charge in [-0.15, -0.1) is 0 Å². The highest BCUT2D eigenvalue weighted by molar-refractivity contribution is 5.87. The number of nitrogens with zero attached hydrogens (tertiary/aromatic N) is 2. The minimum Gasteiger partial charge on any atom is -0.480 e. The smallest absolute Gasteiger partial charge is 0.329 e. The molecular weight excluding hydrogens is 234 g/mol. The summed E-state index contributed by atoms with van der Waals surface area (Å²) in [5, 5.41) is 11.9. The highest BCUT2D eigenvalue weighted by Crippen LogP contribution is 2.29. The van der Waals surface area contributed by atoms with E-state index in [2.05, 4.69) is 10.3 Å². The average molecular weight is 251 g/mol. The van der Waals surface area contributed by atoms with Crippen LogP contribution in [0.2, 0.25) is 0 Å². The summed E-state index contributed by atoms with van der Waals surface area (Å²) in [5.74, 6) is -1.14. The van der Waals surface area contributed by atoms with Crippen LogP contribution in [0, 0.1) is 0 Å². The number of nitrogens with one attached hydrogen (secondary N) is 1. The Hall–Kier alpha value is -1.85. The van der Waals surface area contributed by atoms with Crippen molar-refractivity contribution in [2.45, 2.75) is 44.2 Å². The maximum absolute atomic E-state index is 11.8. The Morgan fingerprint density at radius 2 is 2.11 bits per heavy atom. The van der Waals surface area contributed by atoms with E-state index in [9.17, 15) is 14.7 Å². The van der Waals surface area contributed by atoms with E-state index in [0.29, 0.717) is 19.4 Å². The number of amides is 1. The van der Waals surface area contributed by atoms with E-state index in [4.69, 9.17) is 0 Å². The molecule has 0 radical (unpaired) electrons. The number of imidazole rings is 1. The first-order valence-corrected chi connectivity index (χ1v) is 6.12. The van der Waals surface area contributed by atoms with E-state index in [1.54, 1.807) is 23.3 Å². The van der Waals surface area contributed by atoms with Gasteiger partial charge in [0.2, 0.25) is 5.91 Å². The Bertz CT molecular complexity index is 422. The molecule has 0 saturated heterocycles. The first-order chi connectivity index (χ1) is 8.62. The zero-order valence-corrected chi connectivity index (χ0v) is 10.1. The maximum Gasteiger partial charge on any atom is 0.329 e. The lowest BCUT2D eigenvalue weighted by molar-refractivity contribution is -0.147. The summed E-state index contributed by atoms with van der Waals surface area (Å²) in [5.41, 5.74) is -1.04. The molecule has 0 unspecified atom stereocenters. The largest absolute Gasteiger partial charge is 0.480 e. The van der Waals surface area contributed by atoms with Gasteiger partial charge in [0.25, 0.3) is 0 Å². The van der Waals surface area contributed by atoms with E-state index in [1.165, 1.54) is 0 Å². The molecule has 1 heterocycles. The summed E-state index contributed by atoms with van der Waals surface area (Å²) < 4.78 is 1.79. The maximum atomic E-state index is 11.8. The van der Waals surface area contributed by atoms with Gasteiger partial charge in [0.1, 0.15) is 5.54 Å². The molecule has 1 aromatic heterocycles. The third-order valence-corrected chi connectivity index (χ3v) is 3.40. The Labute approximate surface area is 105 Å². The van der Waals surface area contributed by atoms with E-state index in [0.717, 1.165) is 12.8 Å². The fourth-order valence-electron chi connectivity index (χ4n) is 2.35. The lowest BCUT2D eigenvalue weighted by Crippen LogP contribution is -2.52. The number of carbonyl (C=O) groups excluding carboxylic acids is 1. The van der Waals surface area contributed by atoms with Crippen molar-refractivity contribution in [3.05, 3.63) is 18.7 Å². The van der Waals surface area contributed by atoms with Gasteiger partial charge in [-0.2, -0.15) is 0 Å². The van der Waals surface area contributed by atoms with Crippen LogP contribution < -0.4 is 5.32 Å². The molecule has 0 spiro atoms. The molecule has 0 bridgehead atoms. The van der Waals surface area contributed by atoms with Gasteiger partial charge in [-0.3, -0.25) is 4.79 Å². The molecule has 1 aliphatic carbocycles. The molecule has 0 atom stereocenters. The molecule has 1 aliphatic rings. The molecule has 1 saturated carbocycles. The van der Waals surface area contributed by atoms with Crippen LogP contribution in [0.5, 0.6) is 0 Å². The van der Waals surface area contributed by atoms with E-state index in [1.807, 2.05) is 0 Å². The summed E-state index contributed by atoms with van der Waals surface area (Å²) in [6.07, 6.45) is 8.09. The summed E-state index contributed by atoms with van der Waals surface area (Å²) in [6.45, 7) is 0.515. The number of carboxylic acid groups (broad SMARTS) is 1. The zero-order chi connectivity index (χ0) is 13.0. The Kier molecular flexibility index (Phi) is 3.64. The minimum absolute atomic E-state index is 0.215. The number of aromatic nitrogens is 2. The molecule has 6 heteroatoms. The SMILES string of the molecule is O=C(CCn1ccnc1)NC1(C(=O)O)CCCC1. The van der Waals surface area contributed by atoms with Crippen molar-refractivity contribution >= 4 is 11.9 Å². The predicted octanol–water partition coefficient (Wildman–Crippen LogP) is 0.787. The summed E-state index contributed by atoms with van der Waals surface area (Å²) in [7, 11) is 0. The summed E-state index contributed by atoms with van der Waals surface area (Å²) in [4.78, 5) is 26.9. The van der Waals surface area contributed by atoms with Gasteiger partial charge < -0.3 is 15.0 Å². The van der Waals surface area contributed by atoms with Gasteiger partial charge in [0.15, 0.2) is 0 Å². The molecule has 98 valence electrons. The van der Waals surface area contributed by atoms with Crippen LogP contribution in [-0.4, -0.2) is 32.1 Å². The van der Waals surface area contributed by atoms with Crippen LogP contribution in [0.4, 0.5) is 0 Å². The van der Waals surface area contributed by atoms with Gasteiger partial charge in [-0.05, 0) is 12.8 Å². The van der Waals surface area contributed by atoms with Crippen molar-refractivity contribution in [2.75, 3.05) is 0 Å². The average Bonchev–Trinajstić information content (AvgIpc) is 2.97. The molecule has 1 amide bonds. The van der Waals surface area contributed by atoms with E-state index in [-0.39, 0.29) is 12.3 Å². The van der Waals surface area contributed by atoms with Crippen molar-refractivity contribution in [1.82, 2.24) is 14.9 Å². The lowest BCUT2D eigenvalue weighted by Gasteiger charge is -2.25. The van der Waals surface area contributed by atoms with Gasteiger partial charge in [0.05, 0.1) is 6.33 Å².